The number of carbonyl (C=O) groups is 1. The molecule has 2 heterocycles. The highest BCUT2D eigenvalue weighted by Crippen LogP contribution is 2.36. The lowest BCUT2D eigenvalue weighted by Crippen LogP contribution is -2.17. The van der Waals surface area contributed by atoms with Crippen LogP contribution in [-0.4, -0.2) is 19.1 Å². The summed E-state index contributed by atoms with van der Waals surface area (Å²) in [6.07, 6.45) is 1.33. The van der Waals surface area contributed by atoms with Crippen LogP contribution in [0.2, 0.25) is 15.1 Å². The number of benzene rings is 2. The second-order valence-electron chi connectivity index (χ2n) is 6.77. The maximum atomic E-state index is 12.6. The lowest BCUT2D eigenvalue weighted by molar-refractivity contribution is -0.112. The molecule has 0 saturated heterocycles. The van der Waals surface area contributed by atoms with Gasteiger partial charge in [-0.15, -0.1) is 0 Å². The molecule has 0 spiro atoms. The number of furan rings is 1. The Labute approximate surface area is 204 Å². The lowest BCUT2D eigenvalue weighted by atomic mass is 10.2. The van der Waals surface area contributed by atoms with Crippen LogP contribution in [-0.2, 0) is 11.4 Å². The van der Waals surface area contributed by atoms with Crippen molar-refractivity contribution in [2.24, 2.45) is 0 Å². The molecule has 1 aliphatic heterocycles. The third-order valence-corrected chi connectivity index (χ3v) is 5.24. The summed E-state index contributed by atoms with van der Waals surface area (Å²) in [7, 11) is 0. The fraction of sp³-hybridized carbons (Fsp3) is 0.130. The van der Waals surface area contributed by atoms with Gasteiger partial charge in [0, 0.05) is 22.9 Å². The van der Waals surface area contributed by atoms with Crippen LogP contribution in [0.5, 0.6) is 17.2 Å². The van der Waals surface area contributed by atoms with E-state index >= 15 is 0 Å². The molecule has 0 unspecified atom stereocenters. The van der Waals surface area contributed by atoms with Gasteiger partial charge in [-0.3, -0.25) is 4.79 Å². The van der Waals surface area contributed by atoms with Gasteiger partial charge in [-0.25, -0.2) is 0 Å². The number of rotatable bonds is 6. The number of nitrogens with one attached hydrogen (secondary N) is 1. The predicted molar refractivity (Wildman–Crippen MR) is 124 cm³/mol. The molecule has 1 aliphatic rings. The second kappa shape index (κ2) is 10.1. The van der Waals surface area contributed by atoms with Crippen molar-refractivity contribution in [3.05, 3.63) is 74.6 Å². The number of ether oxygens (including phenoxy) is 3. The first-order chi connectivity index (χ1) is 15.9. The van der Waals surface area contributed by atoms with Crippen LogP contribution < -0.4 is 19.5 Å². The van der Waals surface area contributed by atoms with E-state index in [0.29, 0.717) is 46.9 Å². The van der Waals surface area contributed by atoms with Crippen LogP contribution in [0.15, 0.2) is 52.5 Å². The number of anilines is 1. The largest absolute Gasteiger partial charge is 0.486 e. The Kier molecular flexibility index (Phi) is 6.99. The van der Waals surface area contributed by atoms with Gasteiger partial charge in [-0.2, -0.15) is 5.26 Å². The zero-order valence-electron chi connectivity index (χ0n) is 16.9. The van der Waals surface area contributed by atoms with Crippen molar-refractivity contribution in [3.8, 4) is 23.3 Å². The average Bonchev–Trinajstić information content (AvgIpc) is 3.24. The first-order valence-electron chi connectivity index (χ1n) is 9.62. The van der Waals surface area contributed by atoms with Gasteiger partial charge in [0.05, 0.1) is 10.0 Å². The molecule has 1 amide bonds. The van der Waals surface area contributed by atoms with Crippen LogP contribution in [0.4, 0.5) is 5.69 Å². The summed E-state index contributed by atoms with van der Waals surface area (Å²) in [6.45, 7) is 0.922. The second-order valence-corrected chi connectivity index (χ2v) is 8.02. The first kappa shape index (κ1) is 22.9. The molecular weight excluding hydrogens is 491 g/mol. The van der Waals surface area contributed by atoms with Crippen molar-refractivity contribution in [3.63, 3.8) is 0 Å². The predicted octanol–water partition coefficient (Wildman–Crippen LogP) is 6.14. The van der Waals surface area contributed by atoms with Crippen molar-refractivity contribution >= 4 is 52.5 Å². The number of nitrogens with zero attached hydrogens (tertiary/aromatic N) is 1. The summed E-state index contributed by atoms with van der Waals surface area (Å²) in [5.41, 5.74) is 0.325. The molecule has 0 aliphatic carbocycles. The lowest BCUT2D eigenvalue weighted by Gasteiger charge is -2.18. The van der Waals surface area contributed by atoms with Gasteiger partial charge in [-0.1, -0.05) is 34.8 Å². The van der Waals surface area contributed by atoms with E-state index in [4.69, 9.17) is 53.4 Å². The van der Waals surface area contributed by atoms with E-state index in [9.17, 15) is 10.1 Å². The highest BCUT2D eigenvalue weighted by atomic mass is 35.5. The molecule has 3 aromatic rings. The summed E-state index contributed by atoms with van der Waals surface area (Å²) >= 11 is 18.1. The number of halogens is 3. The van der Waals surface area contributed by atoms with E-state index in [1.807, 2.05) is 6.07 Å². The third-order valence-electron chi connectivity index (χ3n) is 4.46. The Balaban J connectivity index is 1.42. The number of hydrogen-bond donors (Lipinski definition) is 1. The maximum Gasteiger partial charge on any atom is 0.266 e. The highest BCUT2D eigenvalue weighted by molar-refractivity contribution is 6.40. The van der Waals surface area contributed by atoms with Crippen LogP contribution in [0.3, 0.4) is 0 Å². The Bertz CT molecular complexity index is 1260. The van der Waals surface area contributed by atoms with Crippen molar-refractivity contribution < 1.29 is 23.4 Å². The van der Waals surface area contributed by atoms with Gasteiger partial charge >= 0.3 is 0 Å². The van der Waals surface area contributed by atoms with Crippen LogP contribution in [0.25, 0.3) is 6.08 Å². The van der Waals surface area contributed by atoms with E-state index in [2.05, 4.69) is 5.32 Å². The van der Waals surface area contributed by atoms with Crippen LogP contribution >= 0.6 is 34.8 Å². The zero-order chi connectivity index (χ0) is 23.4. The van der Waals surface area contributed by atoms with E-state index in [-0.39, 0.29) is 28.0 Å². The van der Waals surface area contributed by atoms with Crippen LogP contribution in [0, 0.1) is 11.3 Å². The van der Waals surface area contributed by atoms with Gasteiger partial charge in [0.15, 0.2) is 17.2 Å². The number of carbonyl (C=O) groups excluding carboxylic acids is 1. The standard InChI is InChI=1S/C23H15Cl3N2O5/c24-14-8-18(25)22(19(26)9-14)32-12-17-3-2-16(33-17)7-13(11-27)23(29)28-15-1-4-20-21(10-15)31-6-5-30-20/h1-4,7-10H,5-6,12H2,(H,28,29)/b13-7+. The van der Waals surface area contributed by atoms with Crippen molar-refractivity contribution in [1.82, 2.24) is 0 Å². The Morgan fingerprint density at radius 1 is 1.06 bits per heavy atom. The average molecular weight is 506 g/mol. The van der Waals surface area contributed by atoms with Gasteiger partial charge in [0.1, 0.15) is 43.0 Å². The molecule has 168 valence electrons. The van der Waals surface area contributed by atoms with Crippen molar-refractivity contribution in [2.45, 2.75) is 6.61 Å². The minimum absolute atomic E-state index is 0.0280. The van der Waals surface area contributed by atoms with E-state index < -0.39 is 5.91 Å². The van der Waals surface area contributed by atoms with E-state index in [1.165, 1.54) is 18.2 Å². The first-order valence-corrected chi connectivity index (χ1v) is 10.7. The topological polar surface area (TPSA) is 93.7 Å². The Hall–Kier alpha value is -3.31. The maximum absolute atomic E-state index is 12.6. The molecule has 1 aromatic heterocycles. The summed E-state index contributed by atoms with van der Waals surface area (Å²) in [5.74, 6) is 1.54. The van der Waals surface area contributed by atoms with Gasteiger partial charge in [0.25, 0.3) is 5.91 Å². The Morgan fingerprint density at radius 2 is 1.79 bits per heavy atom. The molecule has 4 rings (SSSR count). The number of amides is 1. The molecule has 0 bridgehead atoms. The van der Waals surface area contributed by atoms with Crippen molar-refractivity contribution in [1.29, 1.82) is 5.26 Å². The molecule has 2 aromatic carbocycles. The van der Waals surface area contributed by atoms with E-state index in [1.54, 1.807) is 30.3 Å². The van der Waals surface area contributed by atoms with Crippen LogP contribution in [0.1, 0.15) is 11.5 Å². The molecule has 10 heteroatoms. The fourth-order valence-corrected chi connectivity index (χ4v) is 3.90. The minimum atomic E-state index is -0.594. The van der Waals surface area contributed by atoms with Gasteiger partial charge in [-0.05, 0) is 36.4 Å². The zero-order valence-corrected chi connectivity index (χ0v) is 19.1. The smallest absolute Gasteiger partial charge is 0.266 e. The Morgan fingerprint density at radius 3 is 2.52 bits per heavy atom. The number of fused-ring (bicyclic) bond motifs is 1. The highest BCUT2D eigenvalue weighted by Gasteiger charge is 2.16. The summed E-state index contributed by atoms with van der Waals surface area (Å²) in [5, 5.41) is 13.0. The third kappa shape index (κ3) is 5.55. The quantitative estimate of drug-likeness (QED) is 0.320. The minimum Gasteiger partial charge on any atom is -0.486 e. The molecule has 1 N–H and O–H groups in total. The monoisotopic (exact) mass is 504 g/mol. The molecule has 0 saturated carbocycles. The molecule has 0 radical (unpaired) electrons. The molecule has 33 heavy (non-hydrogen) atoms. The van der Waals surface area contributed by atoms with Gasteiger partial charge in [0.2, 0.25) is 0 Å². The number of nitriles is 1. The van der Waals surface area contributed by atoms with E-state index in [0.717, 1.165) is 0 Å². The molecule has 7 nitrogen and oxygen atoms in total. The molecule has 0 fully saturated rings. The normalized spacial score (nSPS) is 12.7. The van der Waals surface area contributed by atoms with Gasteiger partial charge < -0.3 is 23.9 Å². The van der Waals surface area contributed by atoms with Crippen molar-refractivity contribution in [2.75, 3.05) is 18.5 Å². The molecular formula is C23H15Cl3N2O5. The summed E-state index contributed by atoms with van der Waals surface area (Å²) in [6, 6.07) is 13.2. The SMILES string of the molecule is N#C/C(=C\c1ccc(COc2c(Cl)cc(Cl)cc2Cl)o1)C(=O)Nc1ccc2c(c1)OCCO2. The fourth-order valence-electron chi connectivity index (χ4n) is 2.97. The summed E-state index contributed by atoms with van der Waals surface area (Å²) < 4.78 is 22.2. The summed E-state index contributed by atoms with van der Waals surface area (Å²) in [4.78, 5) is 12.6. The molecule has 0 atom stereocenters. The number of hydrogen-bond acceptors (Lipinski definition) is 6.